The van der Waals surface area contributed by atoms with E-state index in [4.69, 9.17) is 4.74 Å². The van der Waals surface area contributed by atoms with Crippen molar-refractivity contribution in [2.75, 3.05) is 6.54 Å². The topological polar surface area (TPSA) is 46.6 Å². The maximum absolute atomic E-state index is 12.1. The van der Waals surface area contributed by atoms with Crippen LogP contribution in [0, 0.1) is 5.41 Å². The highest BCUT2D eigenvalue weighted by atomic mass is 16.6. The smallest absolute Gasteiger partial charge is 0.410 e. The lowest BCUT2D eigenvalue weighted by Crippen LogP contribution is -2.39. The van der Waals surface area contributed by atoms with Crippen molar-refractivity contribution in [2.24, 2.45) is 5.41 Å². The normalized spacial score (nSPS) is 20.5. The summed E-state index contributed by atoms with van der Waals surface area (Å²) in [6.07, 6.45) is 4.97. The molecular weight excluding hydrogens is 254 g/mol. The van der Waals surface area contributed by atoms with E-state index in [1.807, 2.05) is 47.6 Å². The van der Waals surface area contributed by atoms with Crippen LogP contribution in [0.15, 0.2) is 12.2 Å². The summed E-state index contributed by atoms with van der Waals surface area (Å²) in [6, 6.07) is -0.0313. The van der Waals surface area contributed by atoms with E-state index in [1.54, 1.807) is 11.0 Å². The fraction of sp³-hybridized carbons (Fsp3) is 0.750. The first-order chi connectivity index (χ1) is 9.00. The second-order valence-corrected chi connectivity index (χ2v) is 7.36. The van der Waals surface area contributed by atoms with Crippen molar-refractivity contribution in [2.45, 2.75) is 66.0 Å². The molecule has 0 unspecified atom stereocenters. The molecule has 1 atom stereocenters. The molecule has 1 aliphatic heterocycles. The molecule has 1 amide bonds. The van der Waals surface area contributed by atoms with Gasteiger partial charge in [-0.25, -0.2) is 4.79 Å². The third-order valence-electron chi connectivity index (χ3n) is 3.14. The summed E-state index contributed by atoms with van der Waals surface area (Å²) in [5.74, 6) is 0.0774. The lowest BCUT2D eigenvalue weighted by Gasteiger charge is -2.27. The van der Waals surface area contributed by atoms with Crippen molar-refractivity contribution in [3.05, 3.63) is 12.2 Å². The molecule has 0 saturated carbocycles. The van der Waals surface area contributed by atoms with Crippen molar-refractivity contribution in [3.8, 4) is 0 Å². The molecule has 0 aromatic carbocycles. The summed E-state index contributed by atoms with van der Waals surface area (Å²) < 4.78 is 5.39. The van der Waals surface area contributed by atoms with Gasteiger partial charge in [0.05, 0.1) is 6.04 Å². The predicted molar refractivity (Wildman–Crippen MR) is 79.6 cm³/mol. The van der Waals surface area contributed by atoms with E-state index in [2.05, 4.69) is 0 Å². The number of ketones is 1. The molecule has 1 saturated heterocycles. The van der Waals surface area contributed by atoms with Crippen molar-refractivity contribution < 1.29 is 14.3 Å². The summed E-state index contributed by atoms with van der Waals surface area (Å²) in [5.41, 5.74) is -0.874. The molecule has 4 heteroatoms. The van der Waals surface area contributed by atoms with Crippen molar-refractivity contribution >= 4 is 11.9 Å². The van der Waals surface area contributed by atoms with Gasteiger partial charge in [-0.05, 0) is 39.7 Å². The zero-order chi connectivity index (χ0) is 15.6. The molecule has 0 N–H and O–H groups in total. The molecule has 114 valence electrons. The number of carbonyl (C=O) groups excluding carboxylic acids is 2. The monoisotopic (exact) mass is 281 g/mol. The Hall–Kier alpha value is -1.32. The molecule has 0 aromatic rings. The molecule has 1 fully saturated rings. The first kappa shape index (κ1) is 16.7. The third-order valence-corrected chi connectivity index (χ3v) is 3.14. The van der Waals surface area contributed by atoms with E-state index >= 15 is 0 Å². The Morgan fingerprint density at radius 1 is 1.15 bits per heavy atom. The van der Waals surface area contributed by atoms with Crippen LogP contribution in [0.5, 0.6) is 0 Å². The molecule has 1 rings (SSSR count). The van der Waals surface area contributed by atoms with Gasteiger partial charge in [-0.2, -0.15) is 0 Å². The molecule has 0 aromatic heterocycles. The Morgan fingerprint density at radius 3 is 2.25 bits per heavy atom. The first-order valence-electron chi connectivity index (χ1n) is 7.23. The van der Waals surface area contributed by atoms with Crippen molar-refractivity contribution in [1.29, 1.82) is 0 Å². The number of nitrogens with zero attached hydrogens (tertiary/aromatic N) is 1. The van der Waals surface area contributed by atoms with E-state index in [-0.39, 0.29) is 23.3 Å². The largest absolute Gasteiger partial charge is 0.444 e. The minimum Gasteiger partial charge on any atom is -0.444 e. The minimum absolute atomic E-state index is 0.0313. The maximum atomic E-state index is 12.1. The van der Waals surface area contributed by atoms with Crippen LogP contribution in [-0.4, -0.2) is 35.0 Å². The zero-order valence-electron chi connectivity index (χ0n) is 13.5. The molecule has 1 aliphatic rings. The van der Waals surface area contributed by atoms with Crippen LogP contribution in [0.3, 0.4) is 0 Å². The van der Waals surface area contributed by atoms with Gasteiger partial charge in [0.25, 0.3) is 0 Å². The average Bonchev–Trinajstić information content (AvgIpc) is 2.70. The summed E-state index contributed by atoms with van der Waals surface area (Å²) in [6.45, 7) is 11.9. The highest BCUT2D eigenvalue weighted by molar-refractivity contribution is 5.94. The molecule has 0 aliphatic carbocycles. The van der Waals surface area contributed by atoms with E-state index < -0.39 is 5.60 Å². The predicted octanol–water partition coefficient (Wildman–Crippen LogP) is 3.56. The van der Waals surface area contributed by atoms with Gasteiger partial charge in [-0.15, -0.1) is 0 Å². The third kappa shape index (κ3) is 4.99. The zero-order valence-corrected chi connectivity index (χ0v) is 13.5. The van der Waals surface area contributed by atoms with Crippen molar-refractivity contribution in [1.82, 2.24) is 4.90 Å². The van der Waals surface area contributed by atoms with E-state index in [0.29, 0.717) is 6.54 Å². The molecule has 0 bridgehead atoms. The van der Waals surface area contributed by atoms with E-state index in [0.717, 1.165) is 12.8 Å². The summed E-state index contributed by atoms with van der Waals surface area (Å²) >= 11 is 0. The fourth-order valence-corrected chi connectivity index (χ4v) is 1.99. The molecule has 4 nitrogen and oxygen atoms in total. The van der Waals surface area contributed by atoms with E-state index in [1.165, 1.54) is 0 Å². The van der Waals surface area contributed by atoms with Crippen LogP contribution in [0.2, 0.25) is 0 Å². The minimum atomic E-state index is -0.491. The van der Waals surface area contributed by atoms with Gasteiger partial charge in [0.15, 0.2) is 5.78 Å². The number of hydrogen-bond donors (Lipinski definition) is 0. The number of likely N-dealkylation sites (tertiary alicyclic amines) is 1. The molecule has 1 heterocycles. The number of hydrogen-bond acceptors (Lipinski definition) is 3. The number of ether oxygens (including phenoxy) is 1. The molecule has 20 heavy (non-hydrogen) atoms. The van der Waals surface area contributed by atoms with Crippen LogP contribution in [-0.2, 0) is 9.53 Å². The standard InChI is InChI=1S/C16H27NO3/c1-15(2,3)13(18)10-9-12-8-7-11-17(12)14(19)20-16(4,5)6/h9-10,12H,7-8,11H2,1-6H3/b10-9+/t12-/m0/s1. The van der Waals surface area contributed by atoms with Gasteiger partial charge >= 0.3 is 6.09 Å². The van der Waals surface area contributed by atoms with Crippen LogP contribution in [0.25, 0.3) is 0 Å². The van der Waals surface area contributed by atoms with E-state index in [9.17, 15) is 9.59 Å². The Balaban J connectivity index is 2.69. The first-order valence-corrected chi connectivity index (χ1v) is 7.23. The molecule has 0 spiro atoms. The van der Waals surface area contributed by atoms with Gasteiger partial charge in [-0.1, -0.05) is 26.8 Å². The van der Waals surface area contributed by atoms with Gasteiger partial charge in [0, 0.05) is 12.0 Å². The van der Waals surface area contributed by atoms with Crippen molar-refractivity contribution in [3.63, 3.8) is 0 Å². The van der Waals surface area contributed by atoms with Gasteiger partial charge < -0.3 is 9.64 Å². The number of carbonyl (C=O) groups is 2. The highest BCUT2D eigenvalue weighted by Gasteiger charge is 2.31. The Bertz CT molecular complexity index is 399. The maximum Gasteiger partial charge on any atom is 0.410 e. The Kier molecular flexibility index (Phi) is 5.00. The lowest BCUT2D eigenvalue weighted by atomic mass is 9.90. The fourth-order valence-electron chi connectivity index (χ4n) is 1.99. The second kappa shape index (κ2) is 5.98. The average molecular weight is 281 g/mol. The number of rotatable bonds is 2. The summed E-state index contributed by atoms with van der Waals surface area (Å²) in [5, 5.41) is 0. The number of amides is 1. The lowest BCUT2D eigenvalue weighted by molar-refractivity contribution is -0.121. The van der Waals surface area contributed by atoms with Gasteiger partial charge in [0.2, 0.25) is 0 Å². The van der Waals surface area contributed by atoms with Crippen LogP contribution >= 0.6 is 0 Å². The quantitative estimate of drug-likeness (QED) is 0.727. The Labute approximate surface area is 122 Å². The van der Waals surface area contributed by atoms with Crippen LogP contribution < -0.4 is 0 Å². The summed E-state index contributed by atoms with van der Waals surface area (Å²) in [7, 11) is 0. The highest BCUT2D eigenvalue weighted by Crippen LogP contribution is 2.22. The van der Waals surface area contributed by atoms with Gasteiger partial charge in [0.1, 0.15) is 5.60 Å². The molecule has 0 radical (unpaired) electrons. The Morgan fingerprint density at radius 2 is 1.75 bits per heavy atom. The summed E-state index contributed by atoms with van der Waals surface area (Å²) in [4.78, 5) is 25.7. The number of allylic oxidation sites excluding steroid dienone is 1. The van der Waals surface area contributed by atoms with Crippen LogP contribution in [0.4, 0.5) is 4.79 Å². The molecular formula is C16H27NO3. The van der Waals surface area contributed by atoms with Crippen LogP contribution in [0.1, 0.15) is 54.4 Å². The SMILES string of the molecule is CC(C)(C)OC(=O)N1CCC[C@H]1/C=C/C(=O)C(C)(C)C. The second-order valence-electron chi connectivity index (χ2n) is 7.36. The van der Waals surface area contributed by atoms with Gasteiger partial charge in [-0.3, -0.25) is 4.79 Å².